The van der Waals surface area contributed by atoms with E-state index in [1.165, 1.54) is 0 Å². The summed E-state index contributed by atoms with van der Waals surface area (Å²) in [4.78, 5) is 8.66. The lowest BCUT2D eigenvalue weighted by Crippen LogP contribution is -2.50. The quantitative estimate of drug-likeness (QED) is 0.800. The number of piperazine rings is 1. The van der Waals surface area contributed by atoms with Crippen molar-refractivity contribution in [3.05, 3.63) is 12.4 Å². The predicted molar refractivity (Wildman–Crippen MR) is 76.7 cm³/mol. The number of aromatic nitrogens is 5. The van der Waals surface area contributed by atoms with Crippen LogP contribution in [0.3, 0.4) is 0 Å². The van der Waals surface area contributed by atoms with Crippen molar-refractivity contribution in [3.63, 3.8) is 0 Å². The van der Waals surface area contributed by atoms with E-state index >= 15 is 0 Å². The van der Waals surface area contributed by atoms with Crippen molar-refractivity contribution in [1.82, 2.24) is 29.9 Å². The van der Waals surface area contributed by atoms with Crippen LogP contribution in [0.1, 0.15) is 19.8 Å². The molecule has 0 aliphatic carbocycles. The highest BCUT2D eigenvalue weighted by Gasteiger charge is 2.24. The van der Waals surface area contributed by atoms with Crippen LogP contribution in [0.5, 0.6) is 0 Å². The topological polar surface area (TPSA) is 86.2 Å². The van der Waals surface area contributed by atoms with E-state index in [9.17, 15) is 5.26 Å². The number of hydrogen-bond acceptors (Lipinski definition) is 7. The SMILES string of the molecule is CCCC(C#N)N1CCN(c2cncc3nnnn23)CC1. The summed E-state index contributed by atoms with van der Waals surface area (Å²) < 4.78 is 1.70. The normalized spacial score (nSPS) is 17.8. The zero-order chi connectivity index (χ0) is 14.7. The zero-order valence-electron chi connectivity index (χ0n) is 12.1. The molecular weight excluding hydrogens is 268 g/mol. The van der Waals surface area contributed by atoms with E-state index in [4.69, 9.17) is 0 Å². The molecule has 0 radical (unpaired) electrons. The molecule has 1 aliphatic rings. The van der Waals surface area contributed by atoms with Gasteiger partial charge in [0.1, 0.15) is 0 Å². The largest absolute Gasteiger partial charge is 0.353 e. The number of hydrogen-bond donors (Lipinski definition) is 0. The Morgan fingerprint density at radius 3 is 2.81 bits per heavy atom. The number of tetrazole rings is 1. The van der Waals surface area contributed by atoms with Gasteiger partial charge < -0.3 is 4.90 Å². The average Bonchev–Trinajstić information content (AvgIpc) is 3.01. The van der Waals surface area contributed by atoms with Gasteiger partial charge >= 0.3 is 0 Å². The monoisotopic (exact) mass is 286 g/mol. The fraction of sp³-hybridized carbons (Fsp3) is 0.615. The van der Waals surface area contributed by atoms with Crippen molar-refractivity contribution in [2.24, 2.45) is 0 Å². The van der Waals surface area contributed by atoms with Gasteiger partial charge in [0.2, 0.25) is 0 Å². The molecule has 2 aromatic heterocycles. The van der Waals surface area contributed by atoms with Gasteiger partial charge in [0, 0.05) is 26.2 Å². The van der Waals surface area contributed by atoms with Gasteiger partial charge in [-0.3, -0.25) is 9.88 Å². The first-order valence-electron chi connectivity index (χ1n) is 7.24. The first kappa shape index (κ1) is 13.7. The molecule has 1 aliphatic heterocycles. The highest BCUT2D eigenvalue weighted by Crippen LogP contribution is 2.17. The lowest BCUT2D eigenvalue weighted by molar-refractivity contribution is 0.211. The molecule has 8 nitrogen and oxygen atoms in total. The van der Waals surface area contributed by atoms with E-state index in [0.717, 1.165) is 44.8 Å². The third kappa shape index (κ3) is 2.64. The fourth-order valence-corrected chi connectivity index (χ4v) is 2.74. The Morgan fingerprint density at radius 1 is 1.29 bits per heavy atom. The highest BCUT2D eigenvalue weighted by molar-refractivity contribution is 5.46. The molecule has 110 valence electrons. The summed E-state index contributed by atoms with van der Waals surface area (Å²) in [5.41, 5.74) is 0.649. The average molecular weight is 286 g/mol. The van der Waals surface area contributed by atoms with Gasteiger partial charge in [-0.1, -0.05) is 13.3 Å². The van der Waals surface area contributed by atoms with Gasteiger partial charge in [-0.2, -0.15) is 9.78 Å². The molecule has 1 fully saturated rings. The molecule has 2 aromatic rings. The Labute approximate surface area is 123 Å². The molecule has 1 unspecified atom stereocenters. The van der Waals surface area contributed by atoms with Crippen molar-refractivity contribution in [1.29, 1.82) is 5.26 Å². The molecule has 1 saturated heterocycles. The van der Waals surface area contributed by atoms with Gasteiger partial charge in [0.05, 0.1) is 24.5 Å². The van der Waals surface area contributed by atoms with Crippen LogP contribution in [0.2, 0.25) is 0 Å². The molecule has 0 spiro atoms. The number of rotatable bonds is 4. The molecule has 0 amide bonds. The summed E-state index contributed by atoms with van der Waals surface area (Å²) in [5.74, 6) is 0.904. The number of anilines is 1. The van der Waals surface area contributed by atoms with E-state index in [1.807, 2.05) is 0 Å². The number of nitriles is 1. The second-order valence-electron chi connectivity index (χ2n) is 5.17. The van der Waals surface area contributed by atoms with Crippen LogP contribution < -0.4 is 4.90 Å². The van der Waals surface area contributed by atoms with Gasteiger partial charge in [0.15, 0.2) is 11.5 Å². The van der Waals surface area contributed by atoms with Crippen LogP contribution in [0.15, 0.2) is 12.4 Å². The maximum atomic E-state index is 9.26. The second kappa shape index (κ2) is 6.01. The van der Waals surface area contributed by atoms with E-state index in [-0.39, 0.29) is 6.04 Å². The summed E-state index contributed by atoms with van der Waals surface area (Å²) in [7, 11) is 0. The number of fused-ring (bicyclic) bond motifs is 1. The predicted octanol–water partition coefficient (Wildman–Crippen LogP) is 0.334. The third-order valence-corrected chi connectivity index (χ3v) is 3.88. The van der Waals surface area contributed by atoms with Crippen LogP contribution in [0, 0.1) is 11.3 Å². The summed E-state index contributed by atoms with van der Waals surface area (Å²) in [6.07, 6.45) is 5.40. The van der Waals surface area contributed by atoms with E-state index in [1.54, 1.807) is 16.9 Å². The standard InChI is InChI=1S/C13H18N8/c1-2-3-11(8-14)19-4-6-20(7-5-19)13-10-15-9-12-16-17-18-21(12)13/h9-11H,2-7H2,1H3. The lowest BCUT2D eigenvalue weighted by Gasteiger charge is -2.37. The van der Waals surface area contributed by atoms with Crippen LogP contribution in [-0.2, 0) is 0 Å². The molecule has 3 rings (SSSR count). The minimum absolute atomic E-state index is 0.0269. The summed E-state index contributed by atoms with van der Waals surface area (Å²) in [5, 5.41) is 20.9. The zero-order valence-corrected chi connectivity index (χ0v) is 12.1. The Morgan fingerprint density at radius 2 is 2.10 bits per heavy atom. The van der Waals surface area contributed by atoms with Crippen molar-refractivity contribution in [3.8, 4) is 6.07 Å². The molecule has 0 N–H and O–H groups in total. The lowest BCUT2D eigenvalue weighted by atomic mass is 10.1. The molecule has 21 heavy (non-hydrogen) atoms. The molecule has 0 saturated carbocycles. The third-order valence-electron chi connectivity index (χ3n) is 3.88. The number of nitrogens with zero attached hydrogens (tertiary/aromatic N) is 8. The summed E-state index contributed by atoms with van der Waals surface area (Å²) in [6.45, 7) is 5.56. The molecular formula is C13H18N8. The molecule has 0 bridgehead atoms. The van der Waals surface area contributed by atoms with Crippen LogP contribution in [0.4, 0.5) is 5.82 Å². The molecule has 3 heterocycles. The smallest absolute Gasteiger partial charge is 0.199 e. The Balaban J connectivity index is 1.71. The minimum Gasteiger partial charge on any atom is -0.353 e. The molecule has 1 atom stereocenters. The van der Waals surface area contributed by atoms with Crippen LogP contribution in [-0.4, -0.2) is 62.1 Å². The maximum Gasteiger partial charge on any atom is 0.199 e. The van der Waals surface area contributed by atoms with Crippen molar-refractivity contribution in [2.75, 3.05) is 31.1 Å². The van der Waals surface area contributed by atoms with Crippen molar-refractivity contribution in [2.45, 2.75) is 25.8 Å². The molecule has 0 aromatic carbocycles. The first-order chi connectivity index (χ1) is 10.3. The van der Waals surface area contributed by atoms with E-state index in [2.05, 4.69) is 43.3 Å². The first-order valence-corrected chi connectivity index (χ1v) is 7.24. The Bertz CT molecular complexity index is 637. The minimum atomic E-state index is 0.0269. The van der Waals surface area contributed by atoms with Crippen LogP contribution in [0.25, 0.3) is 5.65 Å². The van der Waals surface area contributed by atoms with E-state index in [0.29, 0.717) is 5.65 Å². The van der Waals surface area contributed by atoms with Crippen LogP contribution >= 0.6 is 0 Å². The second-order valence-corrected chi connectivity index (χ2v) is 5.17. The Kier molecular flexibility index (Phi) is 3.92. The fourth-order valence-electron chi connectivity index (χ4n) is 2.74. The maximum absolute atomic E-state index is 9.26. The van der Waals surface area contributed by atoms with Crippen molar-refractivity contribution >= 4 is 11.5 Å². The summed E-state index contributed by atoms with van der Waals surface area (Å²) >= 11 is 0. The molecule has 8 heteroatoms. The van der Waals surface area contributed by atoms with Gasteiger partial charge in [-0.05, 0) is 16.8 Å². The van der Waals surface area contributed by atoms with Gasteiger partial charge in [-0.25, -0.2) is 0 Å². The van der Waals surface area contributed by atoms with Gasteiger partial charge in [0.25, 0.3) is 0 Å². The van der Waals surface area contributed by atoms with E-state index < -0.39 is 0 Å². The summed E-state index contributed by atoms with van der Waals surface area (Å²) in [6, 6.07) is 2.44. The Hall–Kier alpha value is -2.27. The van der Waals surface area contributed by atoms with Gasteiger partial charge in [-0.15, -0.1) is 5.10 Å². The van der Waals surface area contributed by atoms with Crippen molar-refractivity contribution < 1.29 is 0 Å². The highest BCUT2D eigenvalue weighted by atomic mass is 15.5.